The molecular weight excluding hydrogens is 269 g/mol. The molecule has 21 heavy (non-hydrogen) atoms. The summed E-state index contributed by atoms with van der Waals surface area (Å²) in [5, 5.41) is 2.70. The van der Waals surface area contributed by atoms with Crippen LogP contribution in [0.25, 0.3) is 0 Å². The number of hydrogen-bond donors (Lipinski definition) is 1. The molecule has 0 heterocycles. The average Bonchev–Trinajstić information content (AvgIpc) is 2.45. The molecule has 1 amide bonds. The Morgan fingerprint density at radius 2 is 2.00 bits per heavy atom. The zero-order valence-corrected chi connectivity index (χ0v) is 12.2. The number of benzene rings is 2. The maximum Gasteiger partial charge on any atom is 0.251 e. The molecule has 0 radical (unpaired) electrons. The summed E-state index contributed by atoms with van der Waals surface area (Å²) in [6.07, 6.45) is 0. The number of halogens is 1. The summed E-state index contributed by atoms with van der Waals surface area (Å²) < 4.78 is 18.6. The summed E-state index contributed by atoms with van der Waals surface area (Å²) in [6.45, 7) is 4.73. The van der Waals surface area contributed by atoms with Crippen LogP contribution in [0.2, 0.25) is 0 Å². The summed E-state index contributed by atoms with van der Waals surface area (Å²) in [6, 6.07) is 11.5. The van der Waals surface area contributed by atoms with Gasteiger partial charge in [0.25, 0.3) is 5.91 Å². The van der Waals surface area contributed by atoms with Gasteiger partial charge in [0.2, 0.25) is 0 Å². The quantitative estimate of drug-likeness (QED) is 0.857. The second-order valence-corrected chi connectivity index (χ2v) is 4.88. The van der Waals surface area contributed by atoms with E-state index in [9.17, 15) is 9.18 Å². The molecule has 1 N–H and O–H groups in total. The van der Waals surface area contributed by atoms with E-state index in [-0.39, 0.29) is 5.91 Å². The van der Waals surface area contributed by atoms with E-state index in [0.717, 1.165) is 11.3 Å². The zero-order valence-electron chi connectivity index (χ0n) is 12.2. The van der Waals surface area contributed by atoms with Crippen LogP contribution in [0.15, 0.2) is 42.5 Å². The highest BCUT2D eigenvalue weighted by atomic mass is 19.1. The fourth-order valence-electron chi connectivity index (χ4n) is 2.02. The Morgan fingerprint density at radius 3 is 2.71 bits per heavy atom. The Hall–Kier alpha value is -2.36. The molecule has 0 saturated heterocycles. The minimum absolute atomic E-state index is 0.307. The molecular formula is C17H18FNO2. The largest absolute Gasteiger partial charge is 0.491 e. The first-order valence-corrected chi connectivity index (χ1v) is 6.80. The summed E-state index contributed by atoms with van der Waals surface area (Å²) in [7, 11) is 0. The first kappa shape index (κ1) is 15.0. The van der Waals surface area contributed by atoms with Crippen LogP contribution in [-0.2, 0) is 0 Å². The Labute approximate surface area is 123 Å². The summed E-state index contributed by atoms with van der Waals surface area (Å²) in [5.74, 6) is 0.0773. The van der Waals surface area contributed by atoms with Crippen molar-refractivity contribution in [1.29, 1.82) is 0 Å². The third-order valence-corrected chi connectivity index (χ3v) is 3.06. The van der Waals surface area contributed by atoms with Gasteiger partial charge in [0.1, 0.15) is 18.2 Å². The lowest BCUT2D eigenvalue weighted by molar-refractivity contribution is 0.0946. The maximum atomic E-state index is 13.0. The normalized spacial score (nSPS) is 10.2. The molecule has 2 rings (SSSR count). The lowest BCUT2D eigenvalue weighted by atomic mass is 10.1. The van der Waals surface area contributed by atoms with Gasteiger partial charge < -0.3 is 10.1 Å². The molecule has 0 saturated carbocycles. The van der Waals surface area contributed by atoms with Gasteiger partial charge in [0, 0.05) is 5.56 Å². The third-order valence-electron chi connectivity index (χ3n) is 3.06. The fraction of sp³-hybridized carbons (Fsp3) is 0.235. The van der Waals surface area contributed by atoms with Crippen LogP contribution in [0.4, 0.5) is 4.39 Å². The van der Waals surface area contributed by atoms with Crippen molar-refractivity contribution in [2.45, 2.75) is 13.8 Å². The summed E-state index contributed by atoms with van der Waals surface area (Å²) >= 11 is 0. The number of ether oxygens (including phenoxy) is 1. The van der Waals surface area contributed by atoms with Crippen molar-refractivity contribution in [1.82, 2.24) is 5.32 Å². The number of amides is 1. The Morgan fingerprint density at radius 1 is 1.19 bits per heavy atom. The SMILES string of the molecule is Cc1ccc(OCCNC(=O)c2cccc(F)c2)c(C)c1. The predicted octanol–water partition coefficient (Wildman–Crippen LogP) is 3.25. The predicted molar refractivity (Wildman–Crippen MR) is 80.1 cm³/mol. The molecule has 0 atom stereocenters. The van der Waals surface area contributed by atoms with Crippen LogP contribution in [-0.4, -0.2) is 19.1 Å². The smallest absolute Gasteiger partial charge is 0.251 e. The van der Waals surface area contributed by atoms with Crippen LogP contribution >= 0.6 is 0 Å². The highest BCUT2D eigenvalue weighted by Crippen LogP contribution is 2.18. The molecule has 0 fully saturated rings. The van der Waals surface area contributed by atoms with Gasteiger partial charge in [-0.15, -0.1) is 0 Å². The zero-order chi connectivity index (χ0) is 15.2. The van der Waals surface area contributed by atoms with Crippen molar-refractivity contribution < 1.29 is 13.9 Å². The lowest BCUT2D eigenvalue weighted by Gasteiger charge is -2.10. The van der Waals surface area contributed by atoms with Crippen LogP contribution in [0.1, 0.15) is 21.5 Å². The number of carbonyl (C=O) groups excluding carboxylic acids is 1. The van der Waals surface area contributed by atoms with Crippen molar-refractivity contribution in [3.63, 3.8) is 0 Å². The van der Waals surface area contributed by atoms with Crippen molar-refractivity contribution >= 4 is 5.91 Å². The van der Waals surface area contributed by atoms with Gasteiger partial charge in [-0.3, -0.25) is 4.79 Å². The van der Waals surface area contributed by atoms with Gasteiger partial charge in [-0.25, -0.2) is 4.39 Å². The van der Waals surface area contributed by atoms with E-state index in [1.807, 2.05) is 32.0 Å². The van der Waals surface area contributed by atoms with Gasteiger partial charge in [-0.2, -0.15) is 0 Å². The molecule has 2 aromatic carbocycles. The average molecular weight is 287 g/mol. The van der Waals surface area contributed by atoms with Crippen LogP contribution in [0.5, 0.6) is 5.75 Å². The van der Waals surface area contributed by atoms with Crippen molar-refractivity contribution in [2.75, 3.05) is 13.2 Å². The minimum Gasteiger partial charge on any atom is -0.491 e. The Balaban J connectivity index is 1.80. The number of carbonyl (C=O) groups is 1. The van der Waals surface area contributed by atoms with E-state index < -0.39 is 5.82 Å². The topological polar surface area (TPSA) is 38.3 Å². The lowest BCUT2D eigenvalue weighted by Crippen LogP contribution is -2.28. The molecule has 3 nitrogen and oxygen atoms in total. The van der Waals surface area contributed by atoms with E-state index in [4.69, 9.17) is 4.74 Å². The number of nitrogens with one attached hydrogen (secondary N) is 1. The van der Waals surface area contributed by atoms with E-state index in [2.05, 4.69) is 5.32 Å². The molecule has 0 spiro atoms. The number of rotatable bonds is 5. The molecule has 0 unspecified atom stereocenters. The first-order chi connectivity index (χ1) is 10.1. The molecule has 0 aromatic heterocycles. The van der Waals surface area contributed by atoms with Gasteiger partial charge in [-0.1, -0.05) is 23.8 Å². The Kier molecular flexibility index (Phi) is 4.93. The van der Waals surface area contributed by atoms with Crippen LogP contribution < -0.4 is 10.1 Å². The van der Waals surface area contributed by atoms with Crippen molar-refractivity contribution in [3.05, 3.63) is 65.0 Å². The van der Waals surface area contributed by atoms with Crippen LogP contribution in [0.3, 0.4) is 0 Å². The summed E-state index contributed by atoms with van der Waals surface area (Å²) in [5.41, 5.74) is 2.55. The highest BCUT2D eigenvalue weighted by molar-refractivity contribution is 5.94. The highest BCUT2D eigenvalue weighted by Gasteiger charge is 2.06. The molecule has 0 aliphatic rings. The standard InChI is InChI=1S/C17H18FNO2/c1-12-6-7-16(13(2)10-12)21-9-8-19-17(20)14-4-3-5-15(18)11-14/h3-7,10-11H,8-9H2,1-2H3,(H,19,20). The molecule has 110 valence electrons. The number of hydrogen-bond acceptors (Lipinski definition) is 2. The minimum atomic E-state index is -0.422. The third kappa shape index (κ3) is 4.31. The van der Waals surface area contributed by atoms with Gasteiger partial charge >= 0.3 is 0 Å². The molecule has 2 aromatic rings. The Bertz CT molecular complexity index is 640. The second kappa shape index (κ2) is 6.88. The van der Waals surface area contributed by atoms with Gasteiger partial charge in [0.15, 0.2) is 0 Å². The van der Waals surface area contributed by atoms with E-state index in [1.165, 1.54) is 23.8 Å². The molecule has 0 aliphatic heterocycles. The van der Waals surface area contributed by atoms with Gasteiger partial charge in [0.05, 0.1) is 6.54 Å². The fourth-order valence-corrected chi connectivity index (χ4v) is 2.02. The van der Waals surface area contributed by atoms with E-state index in [1.54, 1.807) is 6.07 Å². The van der Waals surface area contributed by atoms with E-state index in [0.29, 0.717) is 18.7 Å². The summed E-state index contributed by atoms with van der Waals surface area (Å²) in [4.78, 5) is 11.8. The molecule has 4 heteroatoms. The first-order valence-electron chi connectivity index (χ1n) is 6.80. The molecule has 0 bridgehead atoms. The molecule has 0 aliphatic carbocycles. The maximum absolute atomic E-state index is 13.0. The van der Waals surface area contributed by atoms with Crippen molar-refractivity contribution in [2.24, 2.45) is 0 Å². The van der Waals surface area contributed by atoms with E-state index >= 15 is 0 Å². The second-order valence-electron chi connectivity index (χ2n) is 4.88. The monoisotopic (exact) mass is 287 g/mol. The van der Waals surface area contributed by atoms with Crippen LogP contribution in [0, 0.1) is 19.7 Å². The van der Waals surface area contributed by atoms with Crippen molar-refractivity contribution in [3.8, 4) is 5.75 Å². The number of aryl methyl sites for hydroxylation is 2. The van der Waals surface area contributed by atoms with Gasteiger partial charge in [-0.05, 0) is 43.7 Å².